The Morgan fingerprint density at radius 3 is 2.68 bits per heavy atom. The molecule has 1 N–H and O–H groups in total. The lowest BCUT2D eigenvalue weighted by Gasteiger charge is -2.24. The van der Waals surface area contributed by atoms with Crippen LogP contribution in [0.3, 0.4) is 0 Å². The van der Waals surface area contributed by atoms with Crippen LogP contribution in [0.15, 0.2) is 16.6 Å². The predicted molar refractivity (Wildman–Crippen MR) is 77.0 cm³/mol. The van der Waals surface area contributed by atoms with Gasteiger partial charge in [0.05, 0.1) is 10.6 Å². The first-order valence-corrected chi connectivity index (χ1v) is 6.88. The van der Waals surface area contributed by atoms with E-state index in [-0.39, 0.29) is 28.8 Å². The van der Waals surface area contributed by atoms with Crippen molar-refractivity contribution in [2.24, 2.45) is 0 Å². The van der Waals surface area contributed by atoms with Crippen LogP contribution < -0.4 is 10.2 Å². The van der Waals surface area contributed by atoms with Crippen molar-refractivity contribution in [3.63, 3.8) is 0 Å². The molecular weight excluding hydrogens is 368 g/mol. The van der Waals surface area contributed by atoms with E-state index in [0.29, 0.717) is 11.8 Å². The number of nitrogens with zero attached hydrogens (tertiary/aromatic N) is 2. The van der Waals surface area contributed by atoms with Crippen molar-refractivity contribution in [3.8, 4) is 0 Å². The Hall–Kier alpha value is -2.10. The van der Waals surface area contributed by atoms with E-state index in [1.807, 2.05) is 0 Å². The number of benzene rings is 1. The normalized spacial score (nSPS) is 14.9. The summed E-state index contributed by atoms with van der Waals surface area (Å²) >= 11 is 3.03. The van der Waals surface area contributed by atoms with Gasteiger partial charge in [0.25, 0.3) is 11.6 Å². The summed E-state index contributed by atoms with van der Waals surface area (Å²) in [6, 6.07) is 2.40. The van der Waals surface area contributed by atoms with E-state index in [4.69, 9.17) is 0 Å². The molecule has 2 rings (SSSR count). The third kappa shape index (κ3) is 3.06. The standard InChI is InChI=1S/C12H10BrF2N3O4/c1-12(14,15)11(20)17-3-2-9(19)16-10-7(17)4-6(13)5-8(10)18(21)22/h4-5H,2-3H2,1H3,(H,16,19). The van der Waals surface area contributed by atoms with Crippen LogP contribution in [-0.4, -0.2) is 29.2 Å². The van der Waals surface area contributed by atoms with Gasteiger partial charge in [-0.15, -0.1) is 0 Å². The molecule has 0 aromatic heterocycles. The van der Waals surface area contributed by atoms with Crippen LogP contribution in [0.1, 0.15) is 13.3 Å². The van der Waals surface area contributed by atoms with Crippen molar-refractivity contribution < 1.29 is 23.3 Å². The number of anilines is 2. The molecule has 1 aromatic carbocycles. The molecule has 0 radical (unpaired) electrons. The largest absolute Gasteiger partial charge is 0.322 e. The summed E-state index contributed by atoms with van der Waals surface area (Å²) in [6.07, 6.45) is -0.245. The number of halogens is 3. The molecule has 0 saturated heterocycles. The number of amides is 2. The molecule has 118 valence electrons. The maximum absolute atomic E-state index is 13.3. The zero-order chi connectivity index (χ0) is 16.7. The molecule has 10 heteroatoms. The topological polar surface area (TPSA) is 92.6 Å². The molecule has 0 fully saturated rings. The number of hydrogen-bond acceptors (Lipinski definition) is 4. The second kappa shape index (κ2) is 5.59. The van der Waals surface area contributed by atoms with Gasteiger partial charge in [0, 0.05) is 30.4 Å². The molecule has 0 aliphatic carbocycles. The fraction of sp³-hybridized carbons (Fsp3) is 0.333. The lowest BCUT2D eigenvalue weighted by atomic mass is 10.2. The maximum atomic E-state index is 13.3. The Bertz CT molecular complexity index is 675. The summed E-state index contributed by atoms with van der Waals surface area (Å²) < 4.78 is 26.9. The summed E-state index contributed by atoms with van der Waals surface area (Å²) in [6.45, 7) is 0.135. The number of nitrogens with one attached hydrogen (secondary N) is 1. The Labute approximate surface area is 131 Å². The van der Waals surface area contributed by atoms with Crippen LogP contribution in [0.2, 0.25) is 0 Å². The monoisotopic (exact) mass is 377 g/mol. The number of carbonyl (C=O) groups excluding carboxylic acids is 2. The highest BCUT2D eigenvalue weighted by Gasteiger charge is 2.40. The maximum Gasteiger partial charge on any atom is 0.322 e. The van der Waals surface area contributed by atoms with E-state index in [0.717, 1.165) is 6.07 Å². The molecule has 7 nitrogen and oxygen atoms in total. The van der Waals surface area contributed by atoms with Gasteiger partial charge < -0.3 is 10.2 Å². The summed E-state index contributed by atoms with van der Waals surface area (Å²) in [5, 5.41) is 13.4. The minimum Gasteiger partial charge on any atom is -0.319 e. The van der Waals surface area contributed by atoms with Gasteiger partial charge in [0.2, 0.25) is 5.91 Å². The van der Waals surface area contributed by atoms with Crippen LogP contribution in [-0.2, 0) is 9.59 Å². The SMILES string of the molecule is CC(F)(F)C(=O)N1CCC(=O)Nc2c1cc(Br)cc2[N+](=O)[O-]. The highest BCUT2D eigenvalue weighted by Crippen LogP contribution is 2.40. The second-order valence-corrected chi connectivity index (χ2v) is 5.64. The van der Waals surface area contributed by atoms with Crippen LogP contribution in [0, 0.1) is 10.1 Å². The summed E-state index contributed by atoms with van der Waals surface area (Å²) in [5.74, 6) is -5.79. The number of rotatable bonds is 2. The van der Waals surface area contributed by atoms with Crippen LogP contribution in [0.5, 0.6) is 0 Å². The molecular formula is C12H10BrF2N3O4. The van der Waals surface area contributed by atoms with E-state index in [1.165, 1.54) is 6.07 Å². The molecule has 1 aliphatic rings. The smallest absolute Gasteiger partial charge is 0.319 e. The van der Waals surface area contributed by atoms with Gasteiger partial charge in [-0.3, -0.25) is 19.7 Å². The highest BCUT2D eigenvalue weighted by molar-refractivity contribution is 9.10. The lowest BCUT2D eigenvalue weighted by Crippen LogP contribution is -2.42. The molecule has 2 amide bonds. The zero-order valence-electron chi connectivity index (χ0n) is 11.2. The molecule has 0 spiro atoms. The molecule has 0 saturated carbocycles. The molecule has 0 atom stereocenters. The Morgan fingerprint density at radius 1 is 1.50 bits per heavy atom. The number of carbonyl (C=O) groups is 2. The number of fused-ring (bicyclic) bond motifs is 1. The van der Waals surface area contributed by atoms with Crippen LogP contribution in [0.25, 0.3) is 0 Å². The highest BCUT2D eigenvalue weighted by atomic mass is 79.9. The molecule has 0 bridgehead atoms. The molecule has 1 aromatic rings. The number of alkyl halides is 2. The number of nitro groups is 1. The van der Waals surface area contributed by atoms with Gasteiger partial charge in [-0.25, -0.2) is 0 Å². The summed E-state index contributed by atoms with van der Waals surface area (Å²) in [5.41, 5.74) is -0.899. The third-order valence-corrected chi connectivity index (χ3v) is 3.45. The van der Waals surface area contributed by atoms with Crippen molar-refractivity contribution in [3.05, 3.63) is 26.7 Å². The van der Waals surface area contributed by atoms with E-state index >= 15 is 0 Å². The van der Waals surface area contributed by atoms with Crippen molar-refractivity contribution in [2.75, 3.05) is 16.8 Å². The van der Waals surface area contributed by atoms with E-state index in [1.54, 1.807) is 0 Å². The average Bonchev–Trinajstić information content (AvgIpc) is 2.54. The number of hydrogen-bond donors (Lipinski definition) is 1. The third-order valence-electron chi connectivity index (χ3n) is 3.00. The average molecular weight is 378 g/mol. The Kier molecular flexibility index (Phi) is 4.14. The fourth-order valence-corrected chi connectivity index (χ4v) is 2.48. The van der Waals surface area contributed by atoms with Crippen LogP contribution >= 0.6 is 15.9 Å². The van der Waals surface area contributed by atoms with Crippen molar-refractivity contribution in [1.82, 2.24) is 0 Å². The van der Waals surface area contributed by atoms with Gasteiger partial charge in [-0.2, -0.15) is 8.78 Å². The van der Waals surface area contributed by atoms with Gasteiger partial charge in [0.15, 0.2) is 0 Å². The van der Waals surface area contributed by atoms with Gasteiger partial charge in [0.1, 0.15) is 5.69 Å². The molecule has 0 unspecified atom stereocenters. The van der Waals surface area contributed by atoms with E-state index in [9.17, 15) is 28.5 Å². The Balaban J connectivity index is 2.67. The van der Waals surface area contributed by atoms with Crippen LogP contribution in [0.4, 0.5) is 25.8 Å². The van der Waals surface area contributed by atoms with E-state index < -0.39 is 28.3 Å². The van der Waals surface area contributed by atoms with Crippen molar-refractivity contribution in [2.45, 2.75) is 19.3 Å². The molecule has 1 aliphatic heterocycles. The predicted octanol–water partition coefficient (Wildman–Crippen LogP) is 2.69. The summed E-state index contributed by atoms with van der Waals surface area (Å²) in [7, 11) is 0. The minimum atomic E-state index is -3.66. The molecule has 1 heterocycles. The van der Waals surface area contributed by atoms with Gasteiger partial charge in [-0.05, 0) is 6.07 Å². The first kappa shape index (κ1) is 16.3. The van der Waals surface area contributed by atoms with Gasteiger partial charge in [-0.1, -0.05) is 15.9 Å². The molecule has 22 heavy (non-hydrogen) atoms. The fourth-order valence-electron chi connectivity index (χ4n) is 2.05. The van der Waals surface area contributed by atoms with Crippen molar-refractivity contribution >= 4 is 44.8 Å². The van der Waals surface area contributed by atoms with E-state index in [2.05, 4.69) is 21.2 Å². The first-order valence-electron chi connectivity index (χ1n) is 6.09. The summed E-state index contributed by atoms with van der Waals surface area (Å²) in [4.78, 5) is 34.6. The van der Waals surface area contributed by atoms with Crippen molar-refractivity contribution in [1.29, 1.82) is 0 Å². The Morgan fingerprint density at radius 2 is 2.14 bits per heavy atom. The number of nitro benzene ring substituents is 1. The quantitative estimate of drug-likeness (QED) is 0.633. The lowest BCUT2D eigenvalue weighted by molar-refractivity contribution is -0.383. The zero-order valence-corrected chi connectivity index (χ0v) is 12.8. The minimum absolute atomic E-state index is 0.140. The first-order chi connectivity index (χ1) is 10.1. The second-order valence-electron chi connectivity index (χ2n) is 4.72. The van der Waals surface area contributed by atoms with Gasteiger partial charge >= 0.3 is 5.92 Å².